The SMILES string of the molecule is Cc1ccc(F)cc1-c1ocnc1CNC1CC1. The van der Waals surface area contributed by atoms with Gasteiger partial charge in [-0.1, -0.05) is 6.07 Å². The molecule has 2 aromatic rings. The van der Waals surface area contributed by atoms with Crippen LogP contribution in [-0.2, 0) is 6.54 Å². The number of halogens is 1. The molecule has 0 spiro atoms. The van der Waals surface area contributed by atoms with Gasteiger partial charge >= 0.3 is 0 Å². The van der Waals surface area contributed by atoms with Crippen LogP contribution in [0.25, 0.3) is 11.3 Å². The van der Waals surface area contributed by atoms with E-state index in [9.17, 15) is 4.39 Å². The van der Waals surface area contributed by atoms with E-state index in [1.165, 1.54) is 31.4 Å². The fraction of sp³-hybridized carbons (Fsp3) is 0.357. The van der Waals surface area contributed by atoms with E-state index in [-0.39, 0.29) is 5.82 Å². The van der Waals surface area contributed by atoms with Crippen molar-refractivity contribution in [2.24, 2.45) is 0 Å². The lowest BCUT2D eigenvalue weighted by Gasteiger charge is -2.05. The van der Waals surface area contributed by atoms with Gasteiger partial charge < -0.3 is 9.73 Å². The molecule has 0 aliphatic heterocycles. The van der Waals surface area contributed by atoms with Gasteiger partial charge in [-0.05, 0) is 37.5 Å². The molecular formula is C14H15FN2O. The molecule has 1 heterocycles. The molecule has 18 heavy (non-hydrogen) atoms. The Kier molecular flexibility index (Phi) is 2.88. The molecule has 0 amide bonds. The van der Waals surface area contributed by atoms with Crippen molar-refractivity contribution in [1.29, 1.82) is 0 Å². The fourth-order valence-electron chi connectivity index (χ4n) is 1.98. The molecule has 1 N–H and O–H groups in total. The molecule has 3 rings (SSSR count). The van der Waals surface area contributed by atoms with E-state index in [0.717, 1.165) is 16.8 Å². The van der Waals surface area contributed by atoms with Crippen molar-refractivity contribution in [3.63, 3.8) is 0 Å². The van der Waals surface area contributed by atoms with Crippen LogP contribution in [0.2, 0.25) is 0 Å². The Bertz CT molecular complexity index is 561. The maximum atomic E-state index is 13.3. The molecule has 1 aliphatic rings. The van der Waals surface area contributed by atoms with Gasteiger partial charge in [0.2, 0.25) is 0 Å². The third-order valence-corrected chi connectivity index (χ3v) is 3.22. The van der Waals surface area contributed by atoms with Crippen LogP contribution in [0.3, 0.4) is 0 Å². The Morgan fingerprint density at radius 2 is 2.28 bits per heavy atom. The molecule has 0 bridgehead atoms. The predicted octanol–water partition coefficient (Wildman–Crippen LogP) is 3.04. The van der Waals surface area contributed by atoms with Gasteiger partial charge in [0.05, 0.1) is 0 Å². The zero-order valence-electron chi connectivity index (χ0n) is 10.2. The molecule has 3 nitrogen and oxygen atoms in total. The van der Waals surface area contributed by atoms with Crippen LogP contribution in [-0.4, -0.2) is 11.0 Å². The van der Waals surface area contributed by atoms with Gasteiger partial charge in [-0.2, -0.15) is 0 Å². The van der Waals surface area contributed by atoms with Gasteiger partial charge in [-0.15, -0.1) is 0 Å². The van der Waals surface area contributed by atoms with Crippen LogP contribution < -0.4 is 5.32 Å². The summed E-state index contributed by atoms with van der Waals surface area (Å²) < 4.78 is 18.7. The largest absolute Gasteiger partial charge is 0.443 e. The van der Waals surface area contributed by atoms with E-state index in [1.54, 1.807) is 6.07 Å². The van der Waals surface area contributed by atoms with Gasteiger partial charge in [0, 0.05) is 18.2 Å². The first-order chi connectivity index (χ1) is 8.74. The van der Waals surface area contributed by atoms with E-state index in [1.807, 2.05) is 6.92 Å². The van der Waals surface area contributed by atoms with Gasteiger partial charge in [0.15, 0.2) is 12.2 Å². The molecule has 0 unspecified atom stereocenters. The molecule has 94 valence electrons. The Hall–Kier alpha value is -1.68. The highest BCUT2D eigenvalue weighted by molar-refractivity contribution is 5.63. The first-order valence-electron chi connectivity index (χ1n) is 6.16. The standard InChI is InChI=1S/C14H15FN2O/c1-9-2-3-10(15)6-12(9)14-13(17-8-18-14)7-16-11-4-5-11/h2-3,6,8,11,16H,4-5,7H2,1H3. The number of nitrogens with one attached hydrogen (secondary N) is 1. The van der Waals surface area contributed by atoms with Gasteiger partial charge in [-0.3, -0.25) is 0 Å². The zero-order valence-corrected chi connectivity index (χ0v) is 10.2. The fourth-order valence-corrected chi connectivity index (χ4v) is 1.98. The summed E-state index contributed by atoms with van der Waals surface area (Å²) in [6, 6.07) is 5.32. The van der Waals surface area contributed by atoms with E-state index in [0.29, 0.717) is 18.3 Å². The molecule has 0 radical (unpaired) electrons. The number of oxazole rings is 1. The van der Waals surface area contributed by atoms with Crippen molar-refractivity contribution < 1.29 is 8.81 Å². The number of hydrogen-bond donors (Lipinski definition) is 1. The minimum Gasteiger partial charge on any atom is -0.443 e. The number of aryl methyl sites for hydroxylation is 1. The highest BCUT2D eigenvalue weighted by Gasteiger charge is 2.22. The highest BCUT2D eigenvalue weighted by Crippen LogP contribution is 2.28. The lowest BCUT2D eigenvalue weighted by Crippen LogP contribution is -2.16. The number of hydrogen-bond acceptors (Lipinski definition) is 3. The molecule has 4 heteroatoms. The number of benzene rings is 1. The lowest BCUT2D eigenvalue weighted by molar-refractivity contribution is 0.567. The van der Waals surface area contributed by atoms with Crippen molar-refractivity contribution >= 4 is 0 Å². The Morgan fingerprint density at radius 3 is 3.06 bits per heavy atom. The Labute approximate surface area is 105 Å². The van der Waals surface area contributed by atoms with Crippen molar-refractivity contribution in [3.05, 3.63) is 41.7 Å². The van der Waals surface area contributed by atoms with Crippen LogP contribution in [0.5, 0.6) is 0 Å². The van der Waals surface area contributed by atoms with E-state index >= 15 is 0 Å². The average molecular weight is 246 g/mol. The average Bonchev–Trinajstić information content (AvgIpc) is 3.08. The normalized spacial score (nSPS) is 15.0. The third kappa shape index (κ3) is 2.29. The van der Waals surface area contributed by atoms with Crippen LogP contribution in [0, 0.1) is 12.7 Å². The van der Waals surface area contributed by atoms with E-state index in [4.69, 9.17) is 4.42 Å². The third-order valence-electron chi connectivity index (χ3n) is 3.22. The van der Waals surface area contributed by atoms with Gasteiger partial charge in [0.1, 0.15) is 11.5 Å². The molecule has 1 aromatic carbocycles. The second kappa shape index (κ2) is 4.53. The van der Waals surface area contributed by atoms with Gasteiger partial charge in [0.25, 0.3) is 0 Å². The summed E-state index contributed by atoms with van der Waals surface area (Å²) in [5, 5.41) is 3.39. The molecule has 1 aromatic heterocycles. The molecule has 1 aliphatic carbocycles. The van der Waals surface area contributed by atoms with Crippen LogP contribution in [0.4, 0.5) is 4.39 Å². The smallest absolute Gasteiger partial charge is 0.181 e. The van der Waals surface area contributed by atoms with Crippen molar-refractivity contribution in [2.75, 3.05) is 0 Å². The predicted molar refractivity (Wildman–Crippen MR) is 66.5 cm³/mol. The van der Waals surface area contributed by atoms with Crippen molar-refractivity contribution in [3.8, 4) is 11.3 Å². The summed E-state index contributed by atoms with van der Waals surface area (Å²) in [5.74, 6) is 0.410. The summed E-state index contributed by atoms with van der Waals surface area (Å²) in [7, 11) is 0. The summed E-state index contributed by atoms with van der Waals surface area (Å²) >= 11 is 0. The van der Waals surface area contributed by atoms with Crippen molar-refractivity contribution in [2.45, 2.75) is 32.4 Å². The zero-order chi connectivity index (χ0) is 12.5. The monoisotopic (exact) mass is 246 g/mol. The minimum atomic E-state index is -0.256. The Balaban J connectivity index is 1.90. The van der Waals surface area contributed by atoms with Crippen molar-refractivity contribution in [1.82, 2.24) is 10.3 Å². The van der Waals surface area contributed by atoms with E-state index < -0.39 is 0 Å². The minimum absolute atomic E-state index is 0.256. The first kappa shape index (κ1) is 11.4. The second-order valence-corrected chi connectivity index (χ2v) is 4.74. The quantitative estimate of drug-likeness (QED) is 0.901. The van der Waals surface area contributed by atoms with Crippen LogP contribution >= 0.6 is 0 Å². The van der Waals surface area contributed by atoms with Gasteiger partial charge in [-0.25, -0.2) is 9.37 Å². The van der Waals surface area contributed by atoms with E-state index in [2.05, 4.69) is 10.3 Å². The maximum Gasteiger partial charge on any atom is 0.181 e. The second-order valence-electron chi connectivity index (χ2n) is 4.74. The lowest BCUT2D eigenvalue weighted by atomic mass is 10.0. The number of rotatable bonds is 4. The summed E-state index contributed by atoms with van der Waals surface area (Å²) in [6.07, 6.45) is 3.88. The van der Waals surface area contributed by atoms with Crippen LogP contribution in [0.15, 0.2) is 29.0 Å². The summed E-state index contributed by atoms with van der Waals surface area (Å²) in [5.41, 5.74) is 2.61. The molecular weight excluding hydrogens is 231 g/mol. The highest BCUT2D eigenvalue weighted by atomic mass is 19.1. The molecule has 0 atom stereocenters. The first-order valence-corrected chi connectivity index (χ1v) is 6.16. The topological polar surface area (TPSA) is 38.1 Å². The Morgan fingerprint density at radius 1 is 1.44 bits per heavy atom. The number of aromatic nitrogens is 1. The summed E-state index contributed by atoms with van der Waals surface area (Å²) in [6.45, 7) is 2.61. The number of nitrogens with zero attached hydrogens (tertiary/aromatic N) is 1. The maximum absolute atomic E-state index is 13.3. The summed E-state index contributed by atoms with van der Waals surface area (Å²) in [4.78, 5) is 4.21. The molecule has 1 saturated carbocycles. The van der Waals surface area contributed by atoms with Crippen LogP contribution in [0.1, 0.15) is 24.1 Å². The molecule has 0 saturated heterocycles. The molecule has 1 fully saturated rings.